The summed E-state index contributed by atoms with van der Waals surface area (Å²) in [7, 11) is 1.29. The number of nitrogens with zero attached hydrogens (tertiary/aromatic N) is 4. The zero-order valence-electron chi connectivity index (χ0n) is 32.5. The minimum absolute atomic E-state index is 0.0529. The van der Waals surface area contributed by atoms with E-state index in [-0.39, 0.29) is 41.8 Å². The van der Waals surface area contributed by atoms with Crippen molar-refractivity contribution in [1.82, 2.24) is 40.4 Å². The van der Waals surface area contributed by atoms with Gasteiger partial charge in [0.05, 0.1) is 50.0 Å². The number of imidazole rings is 2. The van der Waals surface area contributed by atoms with Gasteiger partial charge >= 0.3 is 6.09 Å². The fraction of sp³-hybridized carbons (Fsp3) is 0.364. The largest absolute Gasteiger partial charge is 0.453 e. The summed E-state index contributed by atoms with van der Waals surface area (Å²) in [5.74, 6) is 1.25. The number of hydrogen-bond donors (Lipinski definition) is 4. The lowest BCUT2D eigenvalue weighted by atomic mass is 9.97. The molecule has 294 valence electrons. The predicted octanol–water partition coefficient (Wildman–Crippen LogP) is 6.51. The van der Waals surface area contributed by atoms with Crippen molar-refractivity contribution in [3.8, 4) is 33.6 Å². The number of rotatable bonds is 13. The van der Waals surface area contributed by atoms with Crippen LogP contribution >= 0.6 is 0 Å². The molecule has 2 aromatic heterocycles. The lowest BCUT2D eigenvalue weighted by Gasteiger charge is -2.36. The van der Waals surface area contributed by atoms with Gasteiger partial charge in [-0.2, -0.15) is 0 Å². The number of amides is 4. The third-order valence-corrected chi connectivity index (χ3v) is 11.9. The summed E-state index contributed by atoms with van der Waals surface area (Å²) in [5, 5.41) is 7.44. The molecule has 4 N–H and O–H groups in total. The van der Waals surface area contributed by atoms with E-state index < -0.39 is 12.1 Å². The summed E-state index contributed by atoms with van der Waals surface area (Å²) in [4.78, 5) is 69.8. The number of carbonyl (C=O) groups excluding carboxylic acids is 4. The summed E-state index contributed by atoms with van der Waals surface area (Å²) in [6.07, 6.45) is 9.86. The van der Waals surface area contributed by atoms with Crippen molar-refractivity contribution in [1.29, 1.82) is 0 Å². The van der Waals surface area contributed by atoms with Crippen LogP contribution in [0.5, 0.6) is 0 Å². The van der Waals surface area contributed by atoms with Crippen molar-refractivity contribution < 1.29 is 23.9 Å². The number of benzene rings is 3. The molecule has 5 aromatic rings. The molecule has 2 bridgehead atoms. The monoisotopic (exact) mass is 768 g/mol. The van der Waals surface area contributed by atoms with Crippen LogP contribution in [0, 0.1) is 11.3 Å². The Bertz CT molecular complexity index is 2340. The maximum Gasteiger partial charge on any atom is 0.407 e. The lowest BCUT2D eigenvalue weighted by molar-refractivity contribution is -0.137. The molecule has 2 saturated carbocycles. The van der Waals surface area contributed by atoms with Crippen LogP contribution in [0.25, 0.3) is 44.4 Å². The van der Waals surface area contributed by atoms with Gasteiger partial charge in [-0.25, -0.2) is 14.8 Å². The second-order valence-electron chi connectivity index (χ2n) is 15.8. The fourth-order valence-corrected chi connectivity index (χ4v) is 8.53. The van der Waals surface area contributed by atoms with Gasteiger partial charge in [0.25, 0.3) is 0 Å². The second kappa shape index (κ2) is 15.4. The Kier molecular flexibility index (Phi) is 10.2. The number of piperidine rings is 1. The molecule has 3 fully saturated rings. The number of hydrogen-bond acceptors (Lipinski definition) is 7. The van der Waals surface area contributed by atoms with E-state index in [1.165, 1.54) is 14.0 Å². The summed E-state index contributed by atoms with van der Waals surface area (Å²) >= 11 is 0. The fourth-order valence-electron chi connectivity index (χ4n) is 8.53. The number of carbonyl (C=O) groups is 4. The Hall–Kier alpha value is -6.24. The Labute approximate surface area is 331 Å². The second-order valence-corrected chi connectivity index (χ2v) is 15.8. The number of likely N-dealkylation sites (tertiary alicyclic amines) is 1. The summed E-state index contributed by atoms with van der Waals surface area (Å²) in [6.45, 7) is 7.86. The number of H-pyrrole nitrogens is 2. The molecule has 0 radical (unpaired) electrons. The molecule has 0 unspecified atom stereocenters. The predicted molar refractivity (Wildman–Crippen MR) is 216 cm³/mol. The topological polar surface area (TPSA) is 165 Å². The minimum atomic E-state index is -0.699. The van der Waals surface area contributed by atoms with Gasteiger partial charge in [0, 0.05) is 30.5 Å². The first-order valence-electron chi connectivity index (χ1n) is 19.6. The number of fused-ring (bicyclic) bond motifs is 3. The molecular formula is C44H48N8O5. The van der Waals surface area contributed by atoms with E-state index in [4.69, 9.17) is 9.72 Å². The molecule has 0 spiro atoms. The first-order chi connectivity index (χ1) is 27.5. The van der Waals surface area contributed by atoms with Gasteiger partial charge in [-0.15, -0.1) is 6.58 Å². The summed E-state index contributed by atoms with van der Waals surface area (Å²) in [5.41, 5.74) is 5.84. The van der Waals surface area contributed by atoms with Crippen LogP contribution in [0.3, 0.4) is 0 Å². The normalized spacial score (nSPS) is 19.6. The summed E-state index contributed by atoms with van der Waals surface area (Å²) in [6, 6.07) is 20.4. The Morgan fingerprint density at radius 1 is 0.947 bits per heavy atom. The van der Waals surface area contributed by atoms with Crippen LogP contribution < -0.4 is 10.6 Å². The van der Waals surface area contributed by atoms with Gasteiger partial charge in [-0.1, -0.05) is 54.6 Å². The van der Waals surface area contributed by atoms with Gasteiger partial charge in [0.2, 0.25) is 17.7 Å². The number of nitrogens with one attached hydrogen (secondary N) is 4. The molecule has 1 saturated heterocycles. The summed E-state index contributed by atoms with van der Waals surface area (Å²) < 4.78 is 4.71. The number of ether oxygens (including phenoxy) is 1. The first kappa shape index (κ1) is 37.7. The van der Waals surface area contributed by atoms with Crippen molar-refractivity contribution in [2.75, 3.05) is 20.2 Å². The number of alkyl carbamates (subject to hydrolysis) is 1. The zero-order chi connectivity index (χ0) is 39.8. The molecule has 4 atom stereocenters. The van der Waals surface area contributed by atoms with Gasteiger partial charge < -0.3 is 35.1 Å². The van der Waals surface area contributed by atoms with E-state index in [1.54, 1.807) is 18.0 Å². The minimum Gasteiger partial charge on any atom is -0.453 e. The van der Waals surface area contributed by atoms with E-state index in [1.807, 2.05) is 17.2 Å². The molecule has 13 heteroatoms. The van der Waals surface area contributed by atoms with E-state index in [9.17, 15) is 19.2 Å². The Morgan fingerprint density at radius 3 is 2.32 bits per heavy atom. The smallest absolute Gasteiger partial charge is 0.407 e. The van der Waals surface area contributed by atoms with E-state index in [2.05, 4.69) is 92.8 Å². The van der Waals surface area contributed by atoms with E-state index in [0.29, 0.717) is 24.8 Å². The molecule has 8 rings (SSSR count). The highest BCUT2D eigenvalue weighted by Crippen LogP contribution is 2.50. The Morgan fingerprint density at radius 2 is 1.61 bits per heavy atom. The average molecular weight is 769 g/mol. The lowest BCUT2D eigenvalue weighted by Crippen LogP contribution is -2.50. The molecule has 3 heterocycles. The highest BCUT2D eigenvalue weighted by molar-refractivity contribution is 5.91. The van der Waals surface area contributed by atoms with Crippen molar-refractivity contribution in [2.45, 2.75) is 70.6 Å². The van der Waals surface area contributed by atoms with Crippen LogP contribution in [-0.4, -0.2) is 85.8 Å². The van der Waals surface area contributed by atoms with Crippen LogP contribution in [0.4, 0.5) is 4.79 Å². The zero-order valence-corrected chi connectivity index (χ0v) is 32.5. The third kappa shape index (κ3) is 7.78. The highest BCUT2D eigenvalue weighted by Gasteiger charge is 2.50. The van der Waals surface area contributed by atoms with Crippen LogP contribution in [0.1, 0.15) is 63.6 Å². The van der Waals surface area contributed by atoms with Crippen molar-refractivity contribution >= 4 is 34.6 Å². The van der Waals surface area contributed by atoms with Crippen LogP contribution in [-0.2, 0) is 25.7 Å². The van der Waals surface area contributed by atoms with Gasteiger partial charge in [0.1, 0.15) is 17.7 Å². The molecule has 4 amide bonds. The molecule has 2 aliphatic carbocycles. The van der Waals surface area contributed by atoms with Crippen molar-refractivity contribution in [2.24, 2.45) is 11.3 Å². The van der Waals surface area contributed by atoms with Gasteiger partial charge in [0.15, 0.2) is 0 Å². The molecule has 3 aliphatic rings. The standard InChI is InChI=1S/C44H48N8O5/c1-5-44(16-17-44)25-51(39(54)23-45-27(3)53)24-38-46-21-37(49-38)33-13-12-31-18-30(10-11-32(31)19-33)28-6-8-29(9-7-28)36-22-47-41(50-36)40-34-14-15-35(20-34)52(40)42(55)26(2)48-43(56)57-4/h5-13,18-19,21-22,26,34-35,40H,1,14-17,20,23-25H2,2-4H3,(H,45,53)(H,46,49)(H,47,50)(H,48,56)/t26-,34-,35+,40-/m0/s1. The molecule has 1 aliphatic heterocycles. The molecule has 57 heavy (non-hydrogen) atoms. The van der Waals surface area contributed by atoms with Crippen molar-refractivity contribution in [3.05, 3.63) is 97.4 Å². The van der Waals surface area contributed by atoms with E-state index >= 15 is 0 Å². The maximum absolute atomic E-state index is 13.5. The molecule has 13 nitrogen and oxygen atoms in total. The van der Waals surface area contributed by atoms with Crippen molar-refractivity contribution in [3.63, 3.8) is 0 Å². The van der Waals surface area contributed by atoms with E-state index in [0.717, 1.165) is 82.3 Å². The number of aromatic amines is 2. The van der Waals surface area contributed by atoms with Crippen LogP contribution in [0.2, 0.25) is 0 Å². The SMILES string of the molecule is C=CC1(CN(Cc2ncc(-c3ccc4cc(-c5ccc(-c6cnc([C@@H]7[C@H]8CC[C@H](C8)N7C(=O)[C@H](C)NC(=O)OC)[nH]6)cc5)ccc4c3)[nH]2)C(=O)CNC(C)=O)CC1. The average Bonchev–Trinajstić information content (AvgIpc) is 3.71. The highest BCUT2D eigenvalue weighted by atomic mass is 16.5. The third-order valence-electron chi connectivity index (χ3n) is 11.9. The molecule has 3 aromatic carbocycles. The quantitative estimate of drug-likeness (QED) is 0.0992. The van der Waals surface area contributed by atoms with Crippen LogP contribution in [0.15, 0.2) is 85.7 Å². The first-order valence-corrected chi connectivity index (χ1v) is 19.6. The number of aromatic nitrogens is 4. The Balaban J connectivity index is 0.943. The van der Waals surface area contributed by atoms with Gasteiger partial charge in [-0.3, -0.25) is 14.4 Å². The maximum atomic E-state index is 13.5. The van der Waals surface area contributed by atoms with Gasteiger partial charge in [-0.05, 0) is 84.5 Å². The number of methoxy groups -OCH3 is 1. The molecular weight excluding hydrogens is 721 g/mol.